The van der Waals surface area contributed by atoms with Crippen LogP contribution in [0.3, 0.4) is 0 Å². The van der Waals surface area contributed by atoms with E-state index in [1.54, 1.807) is 0 Å². The Hall–Kier alpha value is -1.79. The van der Waals surface area contributed by atoms with Crippen molar-refractivity contribution in [3.05, 3.63) is 0 Å². The summed E-state index contributed by atoms with van der Waals surface area (Å²) >= 11 is 0. The monoisotopic (exact) mass is 286 g/mol. The van der Waals surface area contributed by atoms with Gasteiger partial charge in [0, 0.05) is 13.0 Å². The van der Waals surface area contributed by atoms with Gasteiger partial charge in [0.1, 0.15) is 6.04 Å². The molecule has 20 heavy (non-hydrogen) atoms. The minimum atomic E-state index is -1.15. The number of carboxylic acids is 2. The molecule has 0 radical (unpaired) electrons. The predicted molar refractivity (Wildman–Crippen MR) is 71.4 cm³/mol. The number of carbonyl (C=O) groups is 3. The van der Waals surface area contributed by atoms with Crippen LogP contribution in [0.25, 0.3) is 0 Å². The van der Waals surface area contributed by atoms with E-state index in [9.17, 15) is 14.4 Å². The molecular weight excluding hydrogens is 264 g/mol. The van der Waals surface area contributed by atoms with Crippen molar-refractivity contribution in [3.63, 3.8) is 0 Å². The largest absolute Gasteiger partial charge is 0.481 e. The van der Waals surface area contributed by atoms with Crippen LogP contribution in [-0.2, 0) is 9.59 Å². The third kappa shape index (κ3) is 7.60. The molecule has 0 spiro atoms. The molecule has 114 valence electrons. The summed E-state index contributed by atoms with van der Waals surface area (Å²) in [6, 6.07) is -1.55. The molecule has 0 aromatic heterocycles. The highest BCUT2D eigenvalue weighted by Gasteiger charge is 2.21. The minimum Gasteiger partial charge on any atom is -0.481 e. The first-order valence-corrected chi connectivity index (χ1v) is 6.98. The molecule has 7 nitrogen and oxygen atoms in total. The molecule has 1 aliphatic carbocycles. The van der Waals surface area contributed by atoms with Crippen molar-refractivity contribution in [2.45, 2.75) is 51.0 Å². The third-order valence-electron chi connectivity index (χ3n) is 3.26. The van der Waals surface area contributed by atoms with Gasteiger partial charge in [0.2, 0.25) is 0 Å². The van der Waals surface area contributed by atoms with Crippen LogP contribution in [-0.4, -0.2) is 40.8 Å². The normalized spacial score (nSPS) is 15.4. The Bertz CT molecular complexity index is 355. The van der Waals surface area contributed by atoms with Gasteiger partial charge in [0.25, 0.3) is 0 Å². The molecule has 7 heteroatoms. The topological polar surface area (TPSA) is 116 Å². The van der Waals surface area contributed by atoms with E-state index in [2.05, 4.69) is 10.6 Å². The average molecular weight is 286 g/mol. The minimum absolute atomic E-state index is 0.103. The van der Waals surface area contributed by atoms with Gasteiger partial charge in [-0.15, -0.1) is 0 Å². The molecule has 0 heterocycles. The smallest absolute Gasteiger partial charge is 0.326 e. The zero-order chi connectivity index (χ0) is 15.0. The van der Waals surface area contributed by atoms with Gasteiger partial charge in [0.05, 0.1) is 0 Å². The van der Waals surface area contributed by atoms with Crippen molar-refractivity contribution >= 4 is 18.0 Å². The summed E-state index contributed by atoms with van der Waals surface area (Å²) in [6.45, 7) is 0.532. The van der Waals surface area contributed by atoms with E-state index in [-0.39, 0.29) is 19.3 Å². The lowest BCUT2D eigenvalue weighted by molar-refractivity contribution is -0.140. The number of hydrogen-bond acceptors (Lipinski definition) is 3. The van der Waals surface area contributed by atoms with Gasteiger partial charge in [-0.1, -0.05) is 12.8 Å². The summed E-state index contributed by atoms with van der Waals surface area (Å²) in [4.78, 5) is 32.8. The summed E-state index contributed by atoms with van der Waals surface area (Å²) in [5, 5.41) is 22.4. The Morgan fingerprint density at radius 3 is 2.40 bits per heavy atom. The highest BCUT2D eigenvalue weighted by atomic mass is 16.4. The number of carbonyl (C=O) groups excluding carboxylic acids is 1. The van der Waals surface area contributed by atoms with Gasteiger partial charge in [-0.25, -0.2) is 9.59 Å². The second kappa shape index (κ2) is 8.39. The molecular formula is C13H22N2O5. The number of hydrogen-bond donors (Lipinski definition) is 4. The van der Waals surface area contributed by atoms with Crippen LogP contribution in [0.4, 0.5) is 4.79 Å². The standard InChI is InChI=1S/C13H22N2O5/c16-11(17)5-1-4-10(12(18)19)15-13(20)14-8-2-3-9-6-7-9/h9-10H,1-8H2,(H,16,17)(H,18,19)(H2,14,15,20)/t10-/m1/s1. The third-order valence-corrected chi connectivity index (χ3v) is 3.26. The maximum Gasteiger partial charge on any atom is 0.326 e. The van der Waals surface area contributed by atoms with Crippen LogP contribution in [0.1, 0.15) is 44.9 Å². The molecule has 0 saturated heterocycles. The zero-order valence-corrected chi connectivity index (χ0v) is 11.4. The van der Waals surface area contributed by atoms with Gasteiger partial charge >= 0.3 is 18.0 Å². The molecule has 0 aromatic rings. The summed E-state index contributed by atoms with van der Waals surface area (Å²) < 4.78 is 0. The lowest BCUT2D eigenvalue weighted by atomic mass is 10.1. The molecule has 0 bridgehead atoms. The first-order chi connectivity index (χ1) is 9.49. The van der Waals surface area contributed by atoms with Crippen LogP contribution in [0.5, 0.6) is 0 Å². The summed E-state index contributed by atoms with van der Waals surface area (Å²) in [5.74, 6) is -1.31. The maximum atomic E-state index is 11.5. The quantitative estimate of drug-likeness (QED) is 0.450. The Morgan fingerprint density at radius 1 is 1.15 bits per heavy atom. The Morgan fingerprint density at radius 2 is 1.85 bits per heavy atom. The van der Waals surface area contributed by atoms with Gasteiger partial charge in [0.15, 0.2) is 0 Å². The van der Waals surface area contributed by atoms with E-state index in [1.165, 1.54) is 12.8 Å². The first-order valence-electron chi connectivity index (χ1n) is 6.98. The molecule has 0 unspecified atom stereocenters. The van der Waals surface area contributed by atoms with Crippen molar-refractivity contribution in [2.75, 3.05) is 6.54 Å². The summed E-state index contributed by atoms with van der Waals surface area (Å²) in [5.41, 5.74) is 0. The highest BCUT2D eigenvalue weighted by molar-refractivity contribution is 5.82. The number of urea groups is 1. The van der Waals surface area contributed by atoms with Crippen molar-refractivity contribution in [3.8, 4) is 0 Å². The number of rotatable bonds is 10. The van der Waals surface area contributed by atoms with Crippen molar-refractivity contribution in [1.82, 2.24) is 10.6 Å². The predicted octanol–water partition coefficient (Wildman–Crippen LogP) is 1.18. The fraction of sp³-hybridized carbons (Fsp3) is 0.769. The van der Waals surface area contributed by atoms with Gasteiger partial charge < -0.3 is 20.8 Å². The second-order valence-corrected chi connectivity index (χ2v) is 5.16. The SMILES string of the molecule is O=C(O)CCC[C@@H](NC(=O)NCCCC1CC1)C(=O)O. The number of aliphatic carboxylic acids is 2. The zero-order valence-electron chi connectivity index (χ0n) is 11.4. The lowest BCUT2D eigenvalue weighted by Gasteiger charge is -2.14. The molecule has 1 aliphatic rings. The van der Waals surface area contributed by atoms with Crippen LogP contribution in [0.2, 0.25) is 0 Å². The summed E-state index contributed by atoms with van der Waals surface area (Å²) in [7, 11) is 0. The Balaban J connectivity index is 2.15. The molecule has 0 aromatic carbocycles. The Labute approximate surface area is 117 Å². The molecule has 2 amide bonds. The van der Waals surface area contributed by atoms with Gasteiger partial charge in [-0.05, 0) is 31.6 Å². The first kappa shape index (κ1) is 16.3. The van der Waals surface area contributed by atoms with Crippen LogP contribution in [0.15, 0.2) is 0 Å². The molecule has 4 N–H and O–H groups in total. The maximum absolute atomic E-state index is 11.5. The number of nitrogens with one attached hydrogen (secondary N) is 2. The molecule has 0 aliphatic heterocycles. The van der Waals surface area contributed by atoms with Crippen molar-refractivity contribution in [1.29, 1.82) is 0 Å². The van der Waals surface area contributed by atoms with E-state index in [0.717, 1.165) is 18.8 Å². The van der Waals surface area contributed by atoms with E-state index in [1.807, 2.05) is 0 Å². The van der Waals surface area contributed by atoms with Crippen LogP contribution in [0, 0.1) is 5.92 Å². The van der Waals surface area contributed by atoms with E-state index < -0.39 is 24.0 Å². The van der Waals surface area contributed by atoms with E-state index >= 15 is 0 Å². The highest BCUT2D eigenvalue weighted by Crippen LogP contribution is 2.33. The lowest BCUT2D eigenvalue weighted by Crippen LogP contribution is -2.46. The van der Waals surface area contributed by atoms with E-state index in [4.69, 9.17) is 10.2 Å². The van der Waals surface area contributed by atoms with Gasteiger partial charge in [-0.2, -0.15) is 0 Å². The molecule has 1 atom stereocenters. The number of carboxylic acid groups (broad SMARTS) is 2. The summed E-state index contributed by atoms with van der Waals surface area (Å²) in [6.07, 6.45) is 4.77. The molecule has 1 rings (SSSR count). The van der Waals surface area contributed by atoms with Crippen LogP contribution < -0.4 is 10.6 Å². The fourth-order valence-corrected chi connectivity index (χ4v) is 1.92. The van der Waals surface area contributed by atoms with E-state index in [0.29, 0.717) is 6.54 Å². The molecule has 1 saturated carbocycles. The second-order valence-electron chi connectivity index (χ2n) is 5.16. The number of amides is 2. The average Bonchev–Trinajstić information content (AvgIpc) is 3.17. The van der Waals surface area contributed by atoms with Crippen molar-refractivity contribution in [2.24, 2.45) is 5.92 Å². The van der Waals surface area contributed by atoms with Crippen molar-refractivity contribution < 1.29 is 24.6 Å². The van der Waals surface area contributed by atoms with Gasteiger partial charge in [-0.3, -0.25) is 4.79 Å². The fourth-order valence-electron chi connectivity index (χ4n) is 1.92. The Kier molecular flexibility index (Phi) is 6.83. The van der Waals surface area contributed by atoms with Crippen LogP contribution >= 0.6 is 0 Å². The molecule has 1 fully saturated rings.